The van der Waals surface area contributed by atoms with Crippen LogP contribution in [0.25, 0.3) is 0 Å². The molecule has 1 rings (SSSR count). The number of nitrogens with zero attached hydrogens (tertiary/aromatic N) is 1. The third-order valence-electron chi connectivity index (χ3n) is 3.24. The van der Waals surface area contributed by atoms with Crippen LogP contribution in [0.4, 0.5) is 0 Å². The van der Waals surface area contributed by atoms with E-state index in [-0.39, 0.29) is 5.91 Å². The molecular weight excluding hydrogens is 200 g/mol. The van der Waals surface area contributed by atoms with Gasteiger partial charge in [0.25, 0.3) is 0 Å². The van der Waals surface area contributed by atoms with Crippen molar-refractivity contribution in [2.24, 2.45) is 5.73 Å². The zero-order valence-corrected chi connectivity index (χ0v) is 10.5. The lowest BCUT2D eigenvalue weighted by Gasteiger charge is -2.35. The minimum Gasteiger partial charge on any atom is -0.336 e. The maximum atomic E-state index is 11.9. The highest BCUT2D eigenvalue weighted by molar-refractivity contribution is 5.87. The van der Waals surface area contributed by atoms with Gasteiger partial charge in [-0.25, -0.2) is 0 Å². The minimum absolute atomic E-state index is 0.157. The third-order valence-corrected chi connectivity index (χ3v) is 3.24. The van der Waals surface area contributed by atoms with Gasteiger partial charge in [-0.3, -0.25) is 4.79 Å². The van der Waals surface area contributed by atoms with Crippen molar-refractivity contribution in [2.45, 2.75) is 58.0 Å². The van der Waals surface area contributed by atoms with Crippen LogP contribution in [0.5, 0.6) is 0 Å². The highest BCUT2D eigenvalue weighted by Crippen LogP contribution is 2.22. The number of carbonyl (C=O) groups is 1. The van der Waals surface area contributed by atoms with Gasteiger partial charge in [-0.1, -0.05) is 13.0 Å². The predicted molar refractivity (Wildman–Crippen MR) is 67.0 cm³/mol. The lowest BCUT2D eigenvalue weighted by molar-refractivity contribution is -0.129. The topological polar surface area (TPSA) is 46.3 Å². The van der Waals surface area contributed by atoms with E-state index >= 15 is 0 Å². The lowest BCUT2D eigenvalue weighted by Crippen LogP contribution is -2.44. The molecule has 3 nitrogen and oxygen atoms in total. The number of allylic oxidation sites excluding steroid dienone is 1. The van der Waals surface area contributed by atoms with Crippen LogP contribution >= 0.6 is 0 Å². The maximum Gasteiger partial charge on any atom is 0.246 e. The first kappa shape index (κ1) is 13.2. The van der Waals surface area contributed by atoms with E-state index in [0.717, 1.165) is 38.6 Å². The first-order chi connectivity index (χ1) is 7.69. The van der Waals surface area contributed by atoms with Gasteiger partial charge in [-0.2, -0.15) is 0 Å². The SMILES string of the molecule is CC=CC(=O)N(CCC)C1CCC(N)CC1. The zero-order valence-electron chi connectivity index (χ0n) is 10.5. The van der Waals surface area contributed by atoms with Gasteiger partial charge in [0.2, 0.25) is 5.91 Å². The van der Waals surface area contributed by atoms with Crippen LogP contribution in [-0.2, 0) is 4.79 Å². The molecule has 1 fully saturated rings. The second-order valence-electron chi connectivity index (χ2n) is 4.60. The molecule has 1 saturated carbocycles. The molecule has 0 aromatic heterocycles. The fraction of sp³-hybridized carbons (Fsp3) is 0.769. The summed E-state index contributed by atoms with van der Waals surface area (Å²) in [6.45, 7) is 4.87. The number of rotatable bonds is 4. The van der Waals surface area contributed by atoms with Crippen molar-refractivity contribution in [2.75, 3.05) is 6.54 Å². The minimum atomic E-state index is 0.157. The number of amides is 1. The van der Waals surface area contributed by atoms with Crippen molar-refractivity contribution in [3.8, 4) is 0 Å². The van der Waals surface area contributed by atoms with E-state index in [2.05, 4.69) is 6.92 Å². The van der Waals surface area contributed by atoms with Crippen molar-refractivity contribution in [1.82, 2.24) is 4.90 Å². The fourth-order valence-corrected chi connectivity index (χ4v) is 2.37. The molecule has 2 N–H and O–H groups in total. The van der Waals surface area contributed by atoms with E-state index in [1.807, 2.05) is 17.9 Å². The second-order valence-corrected chi connectivity index (χ2v) is 4.60. The Balaban J connectivity index is 2.58. The molecule has 0 radical (unpaired) electrons. The summed E-state index contributed by atoms with van der Waals surface area (Å²) in [7, 11) is 0. The largest absolute Gasteiger partial charge is 0.336 e. The van der Waals surface area contributed by atoms with Gasteiger partial charge in [0.1, 0.15) is 0 Å². The molecule has 16 heavy (non-hydrogen) atoms. The van der Waals surface area contributed by atoms with Crippen molar-refractivity contribution in [3.63, 3.8) is 0 Å². The van der Waals surface area contributed by atoms with Gasteiger partial charge in [0, 0.05) is 18.6 Å². The summed E-state index contributed by atoms with van der Waals surface area (Å²) in [5.74, 6) is 0.157. The Morgan fingerprint density at radius 3 is 2.50 bits per heavy atom. The summed E-state index contributed by atoms with van der Waals surface area (Å²) in [6.07, 6.45) is 8.73. The molecule has 0 atom stereocenters. The summed E-state index contributed by atoms with van der Waals surface area (Å²) < 4.78 is 0. The van der Waals surface area contributed by atoms with Crippen LogP contribution in [0.1, 0.15) is 46.0 Å². The first-order valence-corrected chi connectivity index (χ1v) is 6.37. The van der Waals surface area contributed by atoms with Gasteiger partial charge < -0.3 is 10.6 Å². The Labute approximate surface area is 98.7 Å². The number of hydrogen-bond donors (Lipinski definition) is 1. The summed E-state index contributed by atoms with van der Waals surface area (Å²) in [5.41, 5.74) is 5.89. The molecule has 1 amide bonds. The molecule has 0 bridgehead atoms. The van der Waals surface area contributed by atoms with Crippen molar-refractivity contribution in [1.29, 1.82) is 0 Å². The first-order valence-electron chi connectivity index (χ1n) is 6.37. The summed E-state index contributed by atoms with van der Waals surface area (Å²) in [5, 5.41) is 0. The van der Waals surface area contributed by atoms with Crippen LogP contribution in [0.3, 0.4) is 0 Å². The van der Waals surface area contributed by atoms with Crippen LogP contribution < -0.4 is 5.73 Å². The Kier molecular flexibility index (Phi) is 5.53. The fourth-order valence-electron chi connectivity index (χ4n) is 2.37. The van der Waals surface area contributed by atoms with Crippen LogP contribution in [0.15, 0.2) is 12.2 Å². The molecule has 0 unspecified atom stereocenters. The number of hydrogen-bond acceptors (Lipinski definition) is 2. The highest BCUT2D eigenvalue weighted by atomic mass is 16.2. The van der Waals surface area contributed by atoms with Crippen molar-refractivity contribution in [3.05, 3.63) is 12.2 Å². The average molecular weight is 224 g/mol. The molecule has 0 spiro atoms. The van der Waals surface area contributed by atoms with Gasteiger partial charge in [0.15, 0.2) is 0 Å². The van der Waals surface area contributed by atoms with Crippen LogP contribution in [0.2, 0.25) is 0 Å². The van der Waals surface area contributed by atoms with E-state index in [1.54, 1.807) is 6.08 Å². The second kappa shape index (κ2) is 6.69. The molecule has 0 aromatic rings. The monoisotopic (exact) mass is 224 g/mol. The molecule has 1 aliphatic rings. The van der Waals surface area contributed by atoms with E-state index in [1.165, 1.54) is 0 Å². The maximum absolute atomic E-state index is 11.9. The summed E-state index contributed by atoms with van der Waals surface area (Å²) in [4.78, 5) is 13.9. The molecule has 92 valence electrons. The zero-order chi connectivity index (χ0) is 12.0. The summed E-state index contributed by atoms with van der Waals surface area (Å²) in [6, 6.07) is 0.750. The molecular formula is C13H24N2O. The third kappa shape index (κ3) is 3.63. The van der Waals surface area contributed by atoms with Crippen LogP contribution in [0, 0.1) is 0 Å². The number of carbonyl (C=O) groups excluding carboxylic acids is 1. The van der Waals surface area contributed by atoms with Gasteiger partial charge in [-0.05, 0) is 45.1 Å². The molecule has 3 heteroatoms. The Morgan fingerprint density at radius 2 is 2.00 bits per heavy atom. The Morgan fingerprint density at radius 1 is 1.38 bits per heavy atom. The molecule has 0 heterocycles. The normalized spacial score (nSPS) is 25.9. The predicted octanol–water partition coefficient (Wildman–Crippen LogP) is 2.07. The highest BCUT2D eigenvalue weighted by Gasteiger charge is 2.25. The van der Waals surface area contributed by atoms with Gasteiger partial charge >= 0.3 is 0 Å². The van der Waals surface area contributed by atoms with Crippen molar-refractivity contribution < 1.29 is 4.79 Å². The molecule has 0 saturated heterocycles. The Bertz CT molecular complexity index is 242. The van der Waals surface area contributed by atoms with E-state index in [4.69, 9.17) is 5.73 Å². The quantitative estimate of drug-likeness (QED) is 0.743. The summed E-state index contributed by atoms with van der Waals surface area (Å²) >= 11 is 0. The lowest BCUT2D eigenvalue weighted by atomic mass is 9.90. The smallest absolute Gasteiger partial charge is 0.246 e. The standard InChI is InChI=1S/C13H24N2O/c1-3-5-13(16)15(10-4-2)12-8-6-11(14)7-9-12/h3,5,11-12H,4,6-10,14H2,1-2H3. The Hall–Kier alpha value is -0.830. The average Bonchev–Trinajstić information content (AvgIpc) is 2.28. The van der Waals surface area contributed by atoms with Gasteiger partial charge in [-0.15, -0.1) is 0 Å². The van der Waals surface area contributed by atoms with E-state index < -0.39 is 0 Å². The molecule has 0 aromatic carbocycles. The van der Waals surface area contributed by atoms with E-state index in [9.17, 15) is 4.79 Å². The molecule has 0 aliphatic heterocycles. The van der Waals surface area contributed by atoms with Crippen molar-refractivity contribution >= 4 is 5.91 Å². The number of nitrogens with two attached hydrogens (primary N) is 1. The molecule has 1 aliphatic carbocycles. The van der Waals surface area contributed by atoms with E-state index in [0.29, 0.717) is 12.1 Å². The van der Waals surface area contributed by atoms with Crippen LogP contribution in [-0.4, -0.2) is 29.4 Å². The van der Waals surface area contributed by atoms with Gasteiger partial charge in [0.05, 0.1) is 0 Å².